The molecule has 1 atom stereocenters. The van der Waals surface area contributed by atoms with Gasteiger partial charge in [-0.25, -0.2) is 0 Å². The number of hydrogen-bond donors (Lipinski definition) is 1. The minimum Gasteiger partial charge on any atom is -0.390 e. The van der Waals surface area contributed by atoms with Gasteiger partial charge in [0.05, 0.1) is 25.0 Å². The zero-order valence-corrected chi connectivity index (χ0v) is 8.76. The van der Waals surface area contributed by atoms with Crippen molar-refractivity contribution < 1.29 is 9.84 Å². The van der Waals surface area contributed by atoms with Crippen LogP contribution >= 0.6 is 0 Å². The Morgan fingerprint density at radius 3 is 3.00 bits per heavy atom. The van der Waals surface area contributed by atoms with E-state index in [1.807, 2.05) is 13.0 Å². The van der Waals surface area contributed by atoms with Crippen LogP contribution < -0.4 is 4.90 Å². The summed E-state index contributed by atoms with van der Waals surface area (Å²) in [6.45, 7) is 4.39. The highest BCUT2D eigenvalue weighted by atomic mass is 16.5. The van der Waals surface area contributed by atoms with E-state index in [0.717, 1.165) is 25.5 Å². The third-order valence-electron chi connectivity index (χ3n) is 2.43. The van der Waals surface area contributed by atoms with Crippen molar-refractivity contribution in [2.24, 2.45) is 0 Å². The molecule has 15 heavy (non-hydrogen) atoms. The Morgan fingerprint density at radius 2 is 2.40 bits per heavy atom. The lowest BCUT2D eigenvalue weighted by atomic mass is 10.3. The average Bonchev–Trinajstić information content (AvgIpc) is 2.29. The molecule has 0 spiro atoms. The number of aromatic nitrogens is 2. The first-order valence-corrected chi connectivity index (χ1v) is 5.09. The van der Waals surface area contributed by atoms with Crippen molar-refractivity contribution in [3.05, 3.63) is 17.8 Å². The third kappa shape index (κ3) is 2.43. The highest BCUT2D eigenvalue weighted by Gasteiger charge is 2.17. The zero-order chi connectivity index (χ0) is 10.7. The normalized spacial score (nSPS) is 21.7. The molecular weight excluding hydrogens is 194 g/mol. The first-order valence-electron chi connectivity index (χ1n) is 5.09. The van der Waals surface area contributed by atoms with Crippen LogP contribution in [0.2, 0.25) is 0 Å². The van der Waals surface area contributed by atoms with E-state index >= 15 is 0 Å². The van der Waals surface area contributed by atoms with Gasteiger partial charge in [0.2, 0.25) is 0 Å². The Bertz CT molecular complexity index is 315. The van der Waals surface area contributed by atoms with Crippen LogP contribution in [0, 0.1) is 0 Å². The number of morpholine rings is 1. The zero-order valence-electron chi connectivity index (χ0n) is 8.76. The largest absolute Gasteiger partial charge is 0.390 e. The van der Waals surface area contributed by atoms with E-state index < -0.39 is 0 Å². The van der Waals surface area contributed by atoms with Crippen molar-refractivity contribution in [2.75, 3.05) is 24.6 Å². The van der Waals surface area contributed by atoms with Crippen molar-refractivity contribution >= 4 is 5.82 Å². The predicted octanol–water partition coefficient (Wildman–Crippen LogP) is 0.194. The first kappa shape index (κ1) is 10.3. The summed E-state index contributed by atoms with van der Waals surface area (Å²) in [6, 6.07) is 3.68. The first-order chi connectivity index (χ1) is 7.29. The number of ether oxygens (including phenoxy) is 1. The molecule has 1 fully saturated rings. The van der Waals surface area contributed by atoms with Crippen molar-refractivity contribution in [1.29, 1.82) is 0 Å². The van der Waals surface area contributed by atoms with Gasteiger partial charge in [-0.15, -0.1) is 5.10 Å². The summed E-state index contributed by atoms with van der Waals surface area (Å²) in [5, 5.41) is 16.8. The molecule has 5 nitrogen and oxygen atoms in total. The van der Waals surface area contributed by atoms with E-state index in [9.17, 15) is 0 Å². The van der Waals surface area contributed by atoms with Gasteiger partial charge in [-0.05, 0) is 19.1 Å². The lowest BCUT2D eigenvalue weighted by molar-refractivity contribution is 0.0529. The van der Waals surface area contributed by atoms with Gasteiger partial charge in [0, 0.05) is 13.1 Å². The van der Waals surface area contributed by atoms with Gasteiger partial charge >= 0.3 is 0 Å². The minimum atomic E-state index is -0.0627. The van der Waals surface area contributed by atoms with Gasteiger partial charge in [0.1, 0.15) is 0 Å². The summed E-state index contributed by atoms with van der Waals surface area (Å²) in [4.78, 5) is 2.14. The van der Waals surface area contributed by atoms with Gasteiger partial charge in [0.15, 0.2) is 5.82 Å². The van der Waals surface area contributed by atoms with Crippen LogP contribution in [0.1, 0.15) is 12.6 Å². The molecule has 1 unspecified atom stereocenters. The molecule has 0 aliphatic carbocycles. The number of hydrogen-bond acceptors (Lipinski definition) is 5. The fourth-order valence-electron chi connectivity index (χ4n) is 1.63. The Morgan fingerprint density at radius 1 is 1.53 bits per heavy atom. The maximum absolute atomic E-state index is 8.84. The monoisotopic (exact) mass is 209 g/mol. The predicted molar refractivity (Wildman–Crippen MR) is 55.6 cm³/mol. The fraction of sp³-hybridized carbons (Fsp3) is 0.600. The number of aliphatic hydroxyl groups is 1. The van der Waals surface area contributed by atoms with Crippen LogP contribution in [0.15, 0.2) is 12.1 Å². The molecule has 0 aromatic carbocycles. The minimum absolute atomic E-state index is 0.0627. The molecule has 0 saturated carbocycles. The van der Waals surface area contributed by atoms with E-state index in [1.165, 1.54) is 0 Å². The molecular formula is C10H15N3O2. The molecule has 5 heteroatoms. The van der Waals surface area contributed by atoms with Crippen LogP contribution in [0.25, 0.3) is 0 Å². The summed E-state index contributed by atoms with van der Waals surface area (Å²) >= 11 is 0. The highest BCUT2D eigenvalue weighted by molar-refractivity contribution is 5.37. The second kappa shape index (κ2) is 4.55. The van der Waals surface area contributed by atoms with Gasteiger partial charge in [-0.3, -0.25) is 0 Å². The van der Waals surface area contributed by atoms with E-state index in [1.54, 1.807) is 6.07 Å². The Balaban J connectivity index is 2.07. The van der Waals surface area contributed by atoms with Crippen LogP contribution in [-0.2, 0) is 11.3 Å². The quantitative estimate of drug-likeness (QED) is 0.753. The topological polar surface area (TPSA) is 58.5 Å². The van der Waals surface area contributed by atoms with Crippen molar-refractivity contribution in [3.63, 3.8) is 0 Å². The van der Waals surface area contributed by atoms with Crippen LogP contribution in [0.3, 0.4) is 0 Å². The molecule has 82 valence electrons. The number of nitrogens with zero attached hydrogens (tertiary/aromatic N) is 3. The second-order valence-electron chi connectivity index (χ2n) is 3.67. The van der Waals surface area contributed by atoms with Gasteiger partial charge in [-0.1, -0.05) is 0 Å². The molecule has 0 amide bonds. The van der Waals surface area contributed by atoms with Crippen LogP contribution in [0.5, 0.6) is 0 Å². The fourth-order valence-corrected chi connectivity index (χ4v) is 1.63. The molecule has 1 aromatic rings. The highest BCUT2D eigenvalue weighted by Crippen LogP contribution is 2.13. The molecule has 1 aliphatic heterocycles. The molecule has 1 aliphatic rings. The average molecular weight is 209 g/mol. The molecule has 2 rings (SSSR count). The molecule has 2 heterocycles. The van der Waals surface area contributed by atoms with Crippen molar-refractivity contribution in [3.8, 4) is 0 Å². The lowest BCUT2D eigenvalue weighted by Crippen LogP contribution is -2.41. The Labute approximate surface area is 88.7 Å². The molecule has 0 bridgehead atoms. The van der Waals surface area contributed by atoms with Crippen LogP contribution in [0.4, 0.5) is 5.82 Å². The van der Waals surface area contributed by atoms with Crippen molar-refractivity contribution in [1.82, 2.24) is 10.2 Å². The lowest BCUT2D eigenvalue weighted by Gasteiger charge is -2.31. The molecule has 1 saturated heterocycles. The van der Waals surface area contributed by atoms with Gasteiger partial charge in [-0.2, -0.15) is 5.10 Å². The van der Waals surface area contributed by atoms with E-state index in [4.69, 9.17) is 9.84 Å². The van der Waals surface area contributed by atoms with E-state index in [-0.39, 0.29) is 12.7 Å². The summed E-state index contributed by atoms with van der Waals surface area (Å²) in [7, 11) is 0. The van der Waals surface area contributed by atoms with Crippen molar-refractivity contribution in [2.45, 2.75) is 19.6 Å². The number of rotatable bonds is 2. The standard InChI is InChI=1S/C10H15N3O2/c1-8-6-13(4-5-15-8)10-3-2-9(7-14)11-12-10/h2-3,8,14H,4-7H2,1H3. The van der Waals surface area contributed by atoms with Gasteiger partial charge in [0.25, 0.3) is 0 Å². The number of aliphatic hydroxyl groups excluding tert-OH is 1. The number of anilines is 1. The van der Waals surface area contributed by atoms with Crippen LogP contribution in [-0.4, -0.2) is 41.1 Å². The SMILES string of the molecule is CC1CN(c2ccc(CO)nn2)CCO1. The Hall–Kier alpha value is -1.20. The Kier molecular flexibility index (Phi) is 3.13. The maximum atomic E-state index is 8.84. The summed E-state index contributed by atoms with van der Waals surface area (Å²) < 4.78 is 5.44. The summed E-state index contributed by atoms with van der Waals surface area (Å²) in [5.41, 5.74) is 0.597. The molecule has 1 aromatic heterocycles. The van der Waals surface area contributed by atoms with E-state index in [2.05, 4.69) is 15.1 Å². The molecule has 0 radical (unpaired) electrons. The van der Waals surface area contributed by atoms with Gasteiger partial charge < -0.3 is 14.7 Å². The van der Waals surface area contributed by atoms with E-state index in [0.29, 0.717) is 5.69 Å². The molecule has 1 N–H and O–H groups in total. The summed E-state index contributed by atoms with van der Waals surface area (Å²) in [6.07, 6.45) is 0.234. The summed E-state index contributed by atoms with van der Waals surface area (Å²) in [5.74, 6) is 0.849. The third-order valence-corrected chi connectivity index (χ3v) is 2.43. The maximum Gasteiger partial charge on any atom is 0.151 e. The second-order valence-corrected chi connectivity index (χ2v) is 3.67. The smallest absolute Gasteiger partial charge is 0.151 e.